The first-order chi connectivity index (χ1) is 10.1. The number of anilines is 1. The third-order valence-electron chi connectivity index (χ3n) is 3.07. The molecule has 0 bridgehead atoms. The third kappa shape index (κ3) is 5.78. The summed E-state index contributed by atoms with van der Waals surface area (Å²) < 4.78 is 6.78. The lowest BCUT2D eigenvalue weighted by atomic mass is 10.2. The van der Waals surface area contributed by atoms with Crippen LogP contribution < -0.4 is 10.1 Å². The van der Waals surface area contributed by atoms with Gasteiger partial charge in [-0.25, -0.2) is 0 Å². The zero-order chi connectivity index (χ0) is 15.1. The first kappa shape index (κ1) is 15.9. The second kappa shape index (κ2) is 8.05. The van der Waals surface area contributed by atoms with E-state index in [2.05, 4.69) is 50.4 Å². The maximum absolute atomic E-state index is 5.67. The largest absolute Gasteiger partial charge is 0.492 e. The first-order valence-corrected chi connectivity index (χ1v) is 7.79. The Kier molecular flexibility index (Phi) is 6.08. The maximum Gasteiger partial charge on any atom is 0.119 e. The number of hydrogen-bond donors (Lipinski definition) is 1. The summed E-state index contributed by atoms with van der Waals surface area (Å²) in [6, 6.07) is 16.4. The van der Waals surface area contributed by atoms with Crippen LogP contribution in [0.2, 0.25) is 0 Å². The molecular weight excluding hydrogens is 328 g/mol. The molecule has 0 aromatic heterocycles. The Morgan fingerprint density at radius 3 is 2.29 bits per heavy atom. The Bertz CT molecular complexity index is 538. The SMILES string of the molecule is CN(C)CCOc1ccc(NCc2ccc(Br)cc2)cc1. The summed E-state index contributed by atoms with van der Waals surface area (Å²) in [5.74, 6) is 0.908. The Morgan fingerprint density at radius 1 is 1.00 bits per heavy atom. The summed E-state index contributed by atoms with van der Waals surface area (Å²) >= 11 is 3.44. The van der Waals surface area contributed by atoms with Gasteiger partial charge in [-0.3, -0.25) is 0 Å². The maximum atomic E-state index is 5.67. The fraction of sp³-hybridized carbons (Fsp3) is 0.294. The van der Waals surface area contributed by atoms with Gasteiger partial charge in [-0.1, -0.05) is 28.1 Å². The summed E-state index contributed by atoms with van der Waals surface area (Å²) in [5, 5.41) is 3.40. The standard InChI is InChI=1S/C17H21BrN2O/c1-20(2)11-12-21-17-9-7-16(8-10-17)19-13-14-3-5-15(18)6-4-14/h3-10,19H,11-13H2,1-2H3. The predicted octanol–water partition coefficient (Wildman–Crippen LogP) is 4.00. The molecule has 0 heterocycles. The van der Waals surface area contributed by atoms with Gasteiger partial charge in [0.2, 0.25) is 0 Å². The minimum absolute atomic E-state index is 0.707. The van der Waals surface area contributed by atoms with Crippen LogP contribution in [0.25, 0.3) is 0 Å². The molecule has 2 rings (SSSR count). The quantitative estimate of drug-likeness (QED) is 0.818. The highest BCUT2D eigenvalue weighted by Crippen LogP contribution is 2.17. The van der Waals surface area contributed by atoms with Gasteiger partial charge in [-0.2, -0.15) is 0 Å². The highest BCUT2D eigenvalue weighted by molar-refractivity contribution is 9.10. The molecule has 0 fully saturated rings. The molecule has 21 heavy (non-hydrogen) atoms. The summed E-state index contributed by atoms with van der Waals surface area (Å²) in [5.41, 5.74) is 2.35. The van der Waals surface area contributed by atoms with Crippen molar-refractivity contribution in [1.29, 1.82) is 0 Å². The molecule has 0 unspecified atom stereocenters. The molecule has 1 N–H and O–H groups in total. The number of nitrogens with one attached hydrogen (secondary N) is 1. The highest BCUT2D eigenvalue weighted by Gasteiger charge is 1.97. The molecule has 0 radical (unpaired) electrons. The van der Waals surface area contributed by atoms with Crippen molar-refractivity contribution < 1.29 is 4.74 Å². The minimum Gasteiger partial charge on any atom is -0.492 e. The van der Waals surface area contributed by atoms with Crippen molar-refractivity contribution in [2.24, 2.45) is 0 Å². The fourth-order valence-corrected chi connectivity index (χ4v) is 2.09. The van der Waals surface area contributed by atoms with Gasteiger partial charge in [0.1, 0.15) is 12.4 Å². The van der Waals surface area contributed by atoms with Crippen LogP contribution in [0.3, 0.4) is 0 Å². The second-order valence-corrected chi connectivity index (χ2v) is 6.07. The lowest BCUT2D eigenvalue weighted by Gasteiger charge is -2.12. The monoisotopic (exact) mass is 348 g/mol. The van der Waals surface area contributed by atoms with Crippen LogP contribution in [-0.2, 0) is 6.54 Å². The number of likely N-dealkylation sites (N-methyl/N-ethyl adjacent to an activating group) is 1. The van der Waals surface area contributed by atoms with Crippen molar-refractivity contribution in [2.45, 2.75) is 6.54 Å². The number of ether oxygens (including phenoxy) is 1. The van der Waals surface area contributed by atoms with E-state index in [4.69, 9.17) is 4.74 Å². The normalized spacial score (nSPS) is 10.7. The molecule has 0 aliphatic carbocycles. The lowest BCUT2D eigenvalue weighted by Crippen LogP contribution is -2.19. The van der Waals surface area contributed by atoms with E-state index in [0.717, 1.165) is 29.0 Å². The topological polar surface area (TPSA) is 24.5 Å². The molecule has 112 valence electrons. The average Bonchev–Trinajstić information content (AvgIpc) is 2.48. The summed E-state index contributed by atoms with van der Waals surface area (Å²) in [6.45, 7) is 2.44. The van der Waals surface area contributed by atoms with E-state index >= 15 is 0 Å². The molecule has 0 aliphatic rings. The van der Waals surface area contributed by atoms with Crippen LogP contribution in [0.1, 0.15) is 5.56 Å². The molecule has 0 saturated heterocycles. The van der Waals surface area contributed by atoms with Crippen LogP contribution in [0, 0.1) is 0 Å². The smallest absolute Gasteiger partial charge is 0.119 e. The van der Waals surface area contributed by atoms with Crippen molar-refractivity contribution in [3.8, 4) is 5.75 Å². The van der Waals surface area contributed by atoms with Crippen molar-refractivity contribution in [2.75, 3.05) is 32.6 Å². The zero-order valence-corrected chi connectivity index (χ0v) is 14.1. The summed E-state index contributed by atoms with van der Waals surface area (Å²) in [4.78, 5) is 2.11. The van der Waals surface area contributed by atoms with Gasteiger partial charge in [-0.05, 0) is 56.1 Å². The minimum atomic E-state index is 0.707. The first-order valence-electron chi connectivity index (χ1n) is 6.99. The Labute approximate surface area is 135 Å². The van der Waals surface area contributed by atoms with E-state index < -0.39 is 0 Å². The van der Waals surface area contributed by atoms with Gasteiger partial charge in [0, 0.05) is 23.2 Å². The molecule has 2 aromatic rings. The Balaban J connectivity index is 1.80. The molecule has 0 atom stereocenters. The number of benzene rings is 2. The van der Waals surface area contributed by atoms with Crippen molar-refractivity contribution >= 4 is 21.6 Å². The summed E-state index contributed by atoms with van der Waals surface area (Å²) in [6.07, 6.45) is 0. The van der Waals surface area contributed by atoms with E-state index in [-0.39, 0.29) is 0 Å². The molecule has 0 saturated carbocycles. The molecular formula is C17H21BrN2O. The molecule has 3 nitrogen and oxygen atoms in total. The number of rotatable bonds is 7. The molecule has 2 aromatic carbocycles. The number of halogens is 1. The van der Waals surface area contributed by atoms with E-state index in [0.29, 0.717) is 6.61 Å². The zero-order valence-electron chi connectivity index (χ0n) is 12.5. The lowest BCUT2D eigenvalue weighted by molar-refractivity contribution is 0.261. The van der Waals surface area contributed by atoms with Gasteiger partial charge >= 0.3 is 0 Å². The van der Waals surface area contributed by atoms with Crippen molar-refractivity contribution in [3.63, 3.8) is 0 Å². The van der Waals surface area contributed by atoms with E-state index in [1.807, 2.05) is 38.4 Å². The van der Waals surface area contributed by atoms with Crippen molar-refractivity contribution in [3.05, 3.63) is 58.6 Å². The van der Waals surface area contributed by atoms with Gasteiger partial charge < -0.3 is 15.0 Å². The predicted molar refractivity (Wildman–Crippen MR) is 92.0 cm³/mol. The van der Waals surface area contributed by atoms with E-state index in [1.165, 1.54) is 5.56 Å². The van der Waals surface area contributed by atoms with E-state index in [9.17, 15) is 0 Å². The van der Waals surface area contributed by atoms with Crippen LogP contribution >= 0.6 is 15.9 Å². The number of nitrogens with zero attached hydrogens (tertiary/aromatic N) is 1. The van der Waals surface area contributed by atoms with E-state index in [1.54, 1.807) is 0 Å². The fourth-order valence-electron chi connectivity index (χ4n) is 1.82. The molecule has 0 spiro atoms. The van der Waals surface area contributed by atoms with Crippen LogP contribution in [-0.4, -0.2) is 32.1 Å². The second-order valence-electron chi connectivity index (χ2n) is 5.16. The van der Waals surface area contributed by atoms with Gasteiger partial charge in [0.05, 0.1) is 0 Å². The Hall–Kier alpha value is -1.52. The summed E-state index contributed by atoms with van der Waals surface area (Å²) in [7, 11) is 4.08. The van der Waals surface area contributed by atoms with Crippen LogP contribution in [0.4, 0.5) is 5.69 Å². The molecule has 0 amide bonds. The molecule has 4 heteroatoms. The molecule has 0 aliphatic heterocycles. The van der Waals surface area contributed by atoms with Gasteiger partial charge in [0.15, 0.2) is 0 Å². The van der Waals surface area contributed by atoms with Gasteiger partial charge in [0.25, 0.3) is 0 Å². The highest BCUT2D eigenvalue weighted by atomic mass is 79.9. The Morgan fingerprint density at radius 2 is 1.67 bits per heavy atom. The van der Waals surface area contributed by atoms with Crippen LogP contribution in [0.5, 0.6) is 5.75 Å². The number of hydrogen-bond acceptors (Lipinski definition) is 3. The van der Waals surface area contributed by atoms with Crippen LogP contribution in [0.15, 0.2) is 53.0 Å². The van der Waals surface area contributed by atoms with Gasteiger partial charge in [-0.15, -0.1) is 0 Å². The third-order valence-corrected chi connectivity index (χ3v) is 3.60. The van der Waals surface area contributed by atoms with Crippen molar-refractivity contribution in [1.82, 2.24) is 4.90 Å². The average molecular weight is 349 g/mol.